The van der Waals surface area contributed by atoms with Gasteiger partial charge in [0.15, 0.2) is 8.32 Å². The van der Waals surface area contributed by atoms with Gasteiger partial charge >= 0.3 is 5.97 Å². The molecule has 0 aromatic carbocycles. The van der Waals surface area contributed by atoms with Gasteiger partial charge in [0.25, 0.3) is 0 Å². The van der Waals surface area contributed by atoms with E-state index < -0.39 is 31.7 Å². The lowest BCUT2D eigenvalue weighted by atomic mass is 9.79. The molecular formula is C27H54O6Si. The van der Waals surface area contributed by atoms with E-state index in [2.05, 4.69) is 47.4 Å². The van der Waals surface area contributed by atoms with Crippen molar-refractivity contribution in [3.8, 4) is 0 Å². The maximum atomic E-state index is 13.0. The van der Waals surface area contributed by atoms with Gasteiger partial charge in [0.05, 0.1) is 18.6 Å². The molecule has 6 nitrogen and oxygen atoms in total. The van der Waals surface area contributed by atoms with Gasteiger partial charge in [-0.05, 0) is 58.7 Å². The number of allylic oxidation sites excluding steroid dienone is 1. The molecule has 1 N–H and O–H groups in total. The van der Waals surface area contributed by atoms with Crippen molar-refractivity contribution in [3.05, 3.63) is 12.7 Å². The summed E-state index contributed by atoms with van der Waals surface area (Å²) in [6, 6.07) is 0. The van der Waals surface area contributed by atoms with Crippen LogP contribution in [0.25, 0.3) is 0 Å². The fourth-order valence-electron chi connectivity index (χ4n) is 3.74. The van der Waals surface area contributed by atoms with Crippen molar-refractivity contribution in [3.63, 3.8) is 0 Å². The Morgan fingerprint density at radius 1 is 1.09 bits per heavy atom. The smallest absolute Gasteiger partial charge is 0.309 e. The average molecular weight is 503 g/mol. The zero-order valence-corrected chi connectivity index (χ0v) is 25.0. The zero-order chi connectivity index (χ0) is 26.8. The van der Waals surface area contributed by atoms with Crippen LogP contribution < -0.4 is 0 Å². The first-order chi connectivity index (χ1) is 15.4. The number of ether oxygens (including phenoxy) is 3. The summed E-state index contributed by atoms with van der Waals surface area (Å²) >= 11 is 0. The van der Waals surface area contributed by atoms with Crippen molar-refractivity contribution in [2.24, 2.45) is 5.92 Å². The molecule has 0 bridgehead atoms. The number of rotatable bonds is 16. The molecule has 0 aliphatic carbocycles. The van der Waals surface area contributed by atoms with E-state index in [1.54, 1.807) is 7.11 Å². The number of hydrogen-bond donors (Lipinski definition) is 1. The van der Waals surface area contributed by atoms with Crippen molar-refractivity contribution in [1.82, 2.24) is 0 Å². The van der Waals surface area contributed by atoms with E-state index in [0.29, 0.717) is 12.8 Å². The normalized spacial score (nSPS) is 17.5. The third kappa shape index (κ3) is 11.3. The quantitative estimate of drug-likeness (QED) is 0.0840. The number of carbonyl (C=O) groups excluding carboxylic acids is 1. The predicted octanol–water partition coefficient (Wildman–Crippen LogP) is 6.62. The molecule has 0 spiro atoms. The van der Waals surface area contributed by atoms with Gasteiger partial charge in [0.2, 0.25) is 0 Å². The van der Waals surface area contributed by atoms with Crippen LogP contribution in [0.3, 0.4) is 0 Å². The maximum absolute atomic E-state index is 13.0. The second-order valence-corrected chi connectivity index (χ2v) is 16.9. The number of methoxy groups -OCH3 is 1. The summed E-state index contributed by atoms with van der Waals surface area (Å²) in [5.41, 5.74) is -1.68. The predicted molar refractivity (Wildman–Crippen MR) is 142 cm³/mol. The van der Waals surface area contributed by atoms with Gasteiger partial charge < -0.3 is 23.7 Å². The van der Waals surface area contributed by atoms with Crippen molar-refractivity contribution in [1.29, 1.82) is 0 Å². The molecule has 0 saturated carbocycles. The minimum atomic E-state index is -2.31. The molecule has 0 aromatic heterocycles. The maximum Gasteiger partial charge on any atom is 0.309 e. The summed E-state index contributed by atoms with van der Waals surface area (Å²) < 4.78 is 24.1. The Balaban J connectivity index is 6.46. The molecule has 202 valence electrons. The molecule has 0 saturated heterocycles. The Morgan fingerprint density at radius 3 is 2.12 bits per heavy atom. The summed E-state index contributed by atoms with van der Waals surface area (Å²) in [4.78, 5) is 13.0. The van der Waals surface area contributed by atoms with Gasteiger partial charge in [-0.3, -0.25) is 4.79 Å². The van der Waals surface area contributed by atoms with Gasteiger partial charge in [-0.2, -0.15) is 0 Å². The standard InChI is InChI=1S/C27H54O6Si/c1-13-15-16-18-22(28)21(17-14-2)24(33-34(11,12)26(6,7)8)27(9,31-20-30-10)19-23(29)32-25(3,4)5/h14,21-22,24,28H,2,13,15-20H2,1,3-12H3/t21-,22+,24+,27+/m1/s1. The van der Waals surface area contributed by atoms with E-state index in [9.17, 15) is 9.90 Å². The molecule has 0 radical (unpaired) electrons. The molecule has 0 fully saturated rings. The number of carbonyl (C=O) groups is 1. The minimum Gasteiger partial charge on any atom is -0.460 e. The van der Waals surface area contributed by atoms with Gasteiger partial charge in [0.1, 0.15) is 18.0 Å². The van der Waals surface area contributed by atoms with Gasteiger partial charge in [-0.25, -0.2) is 0 Å². The Hall–Kier alpha value is -0.733. The monoisotopic (exact) mass is 502 g/mol. The number of unbranched alkanes of at least 4 members (excludes halogenated alkanes) is 2. The Morgan fingerprint density at radius 2 is 1.68 bits per heavy atom. The fraction of sp³-hybridized carbons (Fsp3) is 0.889. The van der Waals surface area contributed by atoms with Crippen LogP contribution in [0.5, 0.6) is 0 Å². The largest absolute Gasteiger partial charge is 0.460 e. The Bertz CT molecular complexity index is 607. The first-order valence-electron chi connectivity index (χ1n) is 12.8. The number of aliphatic hydroxyl groups is 1. The zero-order valence-electron chi connectivity index (χ0n) is 24.0. The molecule has 0 aliphatic rings. The summed E-state index contributed by atoms with van der Waals surface area (Å²) in [6.07, 6.45) is 4.93. The summed E-state index contributed by atoms with van der Waals surface area (Å²) in [6.45, 7) is 24.4. The van der Waals surface area contributed by atoms with Crippen LogP contribution in [0.4, 0.5) is 0 Å². The van der Waals surface area contributed by atoms with Gasteiger partial charge in [-0.15, -0.1) is 6.58 Å². The van der Waals surface area contributed by atoms with E-state index in [-0.39, 0.29) is 30.1 Å². The van der Waals surface area contributed by atoms with E-state index in [0.717, 1.165) is 19.3 Å². The van der Waals surface area contributed by atoms with E-state index in [1.165, 1.54) is 0 Å². The van der Waals surface area contributed by atoms with Crippen LogP contribution in [-0.2, 0) is 23.4 Å². The lowest BCUT2D eigenvalue weighted by molar-refractivity contribution is -0.199. The third-order valence-corrected chi connectivity index (χ3v) is 11.1. The fourth-order valence-corrected chi connectivity index (χ4v) is 5.16. The number of aliphatic hydroxyl groups excluding tert-OH is 1. The highest BCUT2D eigenvalue weighted by molar-refractivity contribution is 6.74. The molecule has 0 heterocycles. The van der Waals surface area contributed by atoms with Crippen LogP contribution in [-0.4, -0.2) is 56.7 Å². The highest BCUT2D eigenvalue weighted by atomic mass is 28.4. The van der Waals surface area contributed by atoms with Crippen LogP contribution in [0.15, 0.2) is 12.7 Å². The van der Waals surface area contributed by atoms with Crippen LogP contribution in [0, 0.1) is 5.92 Å². The third-order valence-electron chi connectivity index (χ3n) is 6.68. The first-order valence-corrected chi connectivity index (χ1v) is 15.7. The average Bonchev–Trinajstić information content (AvgIpc) is 2.66. The van der Waals surface area contributed by atoms with Gasteiger partial charge in [-0.1, -0.05) is 53.0 Å². The van der Waals surface area contributed by atoms with E-state index in [1.807, 2.05) is 33.8 Å². The van der Waals surface area contributed by atoms with E-state index >= 15 is 0 Å². The molecule has 34 heavy (non-hydrogen) atoms. The molecule has 0 aliphatic heterocycles. The molecule has 0 amide bonds. The number of esters is 1. The summed E-state index contributed by atoms with van der Waals surface area (Å²) in [5, 5.41) is 11.3. The SMILES string of the molecule is C=CC[C@H]([C@@H](O)CCCCC)[C@H](O[Si](C)(C)C(C)(C)C)[C@](C)(CC(=O)OC(C)(C)C)OCOC. The van der Waals surface area contributed by atoms with Crippen LogP contribution in [0.2, 0.25) is 18.1 Å². The van der Waals surface area contributed by atoms with E-state index in [4.69, 9.17) is 18.6 Å². The Labute approximate surface area is 210 Å². The van der Waals surface area contributed by atoms with Crippen molar-refractivity contribution in [2.75, 3.05) is 13.9 Å². The first kappa shape index (κ1) is 33.3. The minimum absolute atomic E-state index is 0.00337. The molecular weight excluding hydrogens is 448 g/mol. The van der Waals surface area contributed by atoms with Crippen molar-refractivity contribution >= 4 is 14.3 Å². The second kappa shape index (κ2) is 14.1. The van der Waals surface area contributed by atoms with Crippen molar-refractivity contribution in [2.45, 2.75) is 135 Å². The lowest BCUT2D eigenvalue weighted by Gasteiger charge is -2.48. The van der Waals surface area contributed by atoms with Gasteiger partial charge in [0, 0.05) is 13.0 Å². The molecule has 0 rings (SSSR count). The topological polar surface area (TPSA) is 74.2 Å². The Kier molecular flexibility index (Phi) is 13.8. The molecule has 0 unspecified atom stereocenters. The molecule has 4 atom stereocenters. The molecule has 0 aromatic rings. The summed E-state index contributed by atoms with van der Waals surface area (Å²) in [5.74, 6) is -0.652. The highest BCUT2D eigenvalue weighted by Gasteiger charge is 2.50. The van der Waals surface area contributed by atoms with Crippen molar-refractivity contribution < 1.29 is 28.5 Å². The summed E-state index contributed by atoms with van der Waals surface area (Å²) in [7, 11) is -0.755. The molecule has 7 heteroatoms. The lowest BCUT2D eigenvalue weighted by Crippen LogP contribution is -2.58. The van der Waals surface area contributed by atoms with Crippen LogP contribution >= 0.6 is 0 Å². The highest BCUT2D eigenvalue weighted by Crippen LogP contribution is 2.43. The number of hydrogen-bond acceptors (Lipinski definition) is 6. The van der Waals surface area contributed by atoms with Crippen LogP contribution in [0.1, 0.15) is 93.9 Å². The second-order valence-electron chi connectivity index (χ2n) is 12.2.